The van der Waals surface area contributed by atoms with E-state index in [-0.39, 0.29) is 10.6 Å². The molecule has 0 aliphatic heterocycles. The molecular formula is C12H17NO3S2. The molecule has 1 saturated carbocycles. The number of nitro groups is 1. The molecule has 0 unspecified atom stereocenters. The molecule has 1 fully saturated rings. The van der Waals surface area contributed by atoms with Gasteiger partial charge in [-0.2, -0.15) is 0 Å². The van der Waals surface area contributed by atoms with Crippen molar-refractivity contribution in [2.24, 2.45) is 0 Å². The van der Waals surface area contributed by atoms with Crippen LogP contribution in [0, 0.1) is 10.1 Å². The minimum absolute atomic E-state index is 0.159. The highest BCUT2D eigenvalue weighted by Gasteiger charge is 2.25. The van der Waals surface area contributed by atoms with Gasteiger partial charge in [0.15, 0.2) is 0 Å². The van der Waals surface area contributed by atoms with E-state index in [1.165, 1.54) is 36.7 Å². The molecule has 0 amide bonds. The minimum Gasteiger partial charge on any atom is -0.388 e. The first-order valence-electron chi connectivity index (χ1n) is 6.20. The molecule has 1 N–H and O–H groups in total. The van der Waals surface area contributed by atoms with Crippen molar-refractivity contribution < 1.29 is 10.0 Å². The lowest BCUT2D eigenvalue weighted by atomic mass is 10.0. The first-order valence-corrected chi connectivity index (χ1v) is 7.90. The number of hydrogen-bond donors (Lipinski definition) is 1. The monoisotopic (exact) mass is 287 g/mol. The van der Waals surface area contributed by atoms with Gasteiger partial charge >= 0.3 is 0 Å². The van der Waals surface area contributed by atoms with Crippen molar-refractivity contribution in [3.63, 3.8) is 0 Å². The second-order valence-electron chi connectivity index (χ2n) is 4.63. The van der Waals surface area contributed by atoms with E-state index >= 15 is 0 Å². The van der Waals surface area contributed by atoms with E-state index in [0.717, 1.165) is 17.1 Å². The average molecular weight is 287 g/mol. The number of thiophene rings is 1. The molecule has 0 radical (unpaired) electrons. The number of aliphatic hydroxyl groups is 1. The Hall–Kier alpha value is -0.590. The highest BCUT2D eigenvalue weighted by Crippen LogP contribution is 2.44. The topological polar surface area (TPSA) is 63.4 Å². The summed E-state index contributed by atoms with van der Waals surface area (Å²) >= 11 is 2.98. The van der Waals surface area contributed by atoms with E-state index in [9.17, 15) is 15.2 Å². The zero-order chi connectivity index (χ0) is 13.1. The van der Waals surface area contributed by atoms with Crippen molar-refractivity contribution in [2.75, 3.05) is 0 Å². The number of hydrogen-bond acceptors (Lipinski definition) is 5. The van der Waals surface area contributed by atoms with Crippen LogP contribution in [0.1, 0.15) is 50.0 Å². The fourth-order valence-electron chi connectivity index (χ4n) is 2.13. The fraction of sp³-hybridized carbons (Fsp3) is 0.667. The second kappa shape index (κ2) is 6.04. The zero-order valence-electron chi connectivity index (χ0n) is 10.3. The maximum Gasteiger partial charge on any atom is 0.294 e. The van der Waals surface area contributed by atoms with E-state index in [2.05, 4.69) is 0 Å². The van der Waals surface area contributed by atoms with Crippen LogP contribution in [0.25, 0.3) is 0 Å². The van der Waals surface area contributed by atoms with Crippen LogP contribution in [0.3, 0.4) is 0 Å². The summed E-state index contributed by atoms with van der Waals surface area (Å²) in [5, 5.41) is 21.0. The smallest absolute Gasteiger partial charge is 0.294 e. The largest absolute Gasteiger partial charge is 0.388 e. The molecule has 6 heteroatoms. The van der Waals surface area contributed by atoms with Crippen molar-refractivity contribution in [3.8, 4) is 0 Å². The Morgan fingerprint density at radius 2 is 2.17 bits per heavy atom. The van der Waals surface area contributed by atoms with Crippen LogP contribution in [0.4, 0.5) is 5.69 Å². The van der Waals surface area contributed by atoms with Crippen molar-refractivity contribution in [2.45, 2.75) is 54.6 Å². The van der Waals surface area contributed by atoms with Gasteiger partial charge in [-0.1, -0.05) is 19.3 Å². The lowest BCUT2D eigenvalue weighted by molar-refractivity contribution is -0.387. The Morgan fingerprint density at radius 3 is 2.72 bits per heavy atom. The van der Waals surface area contributed by atoms with Crippen LogP contribution in [0.2, 0.25) is 0 Å². The number of aliphatic hydroxyl groups excluding tert-OH is 1. The van der Waals surface area contributed by atoms with Gasteiger partial charge in [0, 0.05) is 16.2 Å². The summed E-state index contributed by atoms with van der Waals surface area (Å²) < 4.78 is 0.753. The van der Waals surface area contributed by atoms with E-state index in [4.69, 9.17) is 0 Å². The Bertz CT molecular complexity index is 425. The molecule has 1 aromatic heterocycles. The number of nitrogens with zero attached hydrogens (tertiary/aromatic N) is 1. The Morgan fingerprint density at radius 1 is 1.50 bits per heavy atom. The van der Waals surface area contributed by atoms with E-state index < -0.39 is 6.10 Å². The van der Waals surface area contributed by atoms with Crippen molar-refractivity contribution in [1.29, 1.82) is 0 Å². The first-order chi connectivity index (χ1) is 8.58. The molecule has 1 heterocycles. The van der Waals surface area contributed by atoms with Gasteiger partial charge in [0.25, 0.3) is 5.69 Å². The Kier molecular flexibility index (Phi) is 4.64. The number of thioether (sulfide) groups is 1. The van der Waals surface area contributed by atoms with Crippen LogP contribution in [-0.4, -0.2) is 15.3 Å². The predicted molar refractivity (Wildman–Crippen MR) is 74.3 cm³/mol. The first kappa shape index (κ1) is 13.8. The minimum atomic E-state index is -0.630. The van der Waals surface area contributed by atoms with Crippen LogP contribution in [-0.2, 0) is 0 Å². The Balaban J connectivity index is 2.16. The molecule has 1 aliphatic carbocycles. The van der Waals surface area contributed by atoms with Crippen LogP contribution in [0.15, 0.2) is 10.3 Å². The summed E-state index contributed by atoms with van der Waals surface area (Å²) in [5.41, 5.74) is 0.159. The zero-order valence-corrected chi connectivity index (χ0v) is 11.9. The summed E-state index contributed by atoms with van der Waals surface area (Å²) in [6, 6.07) is 1.51. The maximum atomic E-state index is 11.0. The van der Waals surface area contributed by atoms with Crippen LogP contribution < -0.4 is 0 Å². The third-order valence-corrected chi connectivity index (χ3v) is 5.99. The van der Waals surface area contributed by atoms with Gasteiger partial charge in [-0.05, 0) is 19.8 Å². The summed E-state index contributed by atoms with van der Waals surface area (Å²) in [6.45, 7) is 1.64. The molecule has 0 aromatic carbocycles. The van der Waals surface area contributed by atoms with Gasteiger partial charge in [-0.15, -0.1) is 23.1 Å². The highest BCUT2D eigenvalue weighted by atomic mass is 32.2. The molecule has 2 rings (SSSR count). The van der Waals surface area contributed by atoms with Crippen molar-refractivity contribution in [1.82, 2.24) is 0 Å². The van der Waals surface area contributed by atoms with Gasteiger partial charge < -0.3 is 5.11 Å². The summed E-state index contributed by atoms with van der Waals surface area (Å²) in [6.07, 6.45) is 5.38. The molecule has 18 heavy (non-hydrogen) atoms. The third-order valence-electron chi connectivity index (χ3n) is 3.13. The summed E-state index contributed by atoms with van der Waals surface area (Å²) in [4.78, 5) is 11.4. The van der Waals surface area contributed by atoms with E-state index in [0.29, 0.717) is 10.1 Å². The molecule has 0 spiro atoms. The number of rotatable bonds is 4. The second-order valence-corrected chi connectivity index (χ2v) is 7.29. The summed E-state index contributed by atoms with van der Waals surface area (Å²) in [7, 11) is 0. The highest BCUT2D eigenvalue weighted by molar-refractivity contribution is 8.01. The van der Waals surface area contributed by atoms with Gasteiger partial charge in [0.1, 0.15) is 4.21 Å². The maximum absolute atomic E-state index is 11.0. The lowest BCUT2D eigenvalue weighted by Gasteiger charge is -2.19. The quantitative estimate of drug-likeness (QED) is 0.668. The van der Waals surface area contributed by atoms with Gasteiger partial charge in [0.05, 0.1) is 11.0 Å². The van der Waals surface area contributed by atoms with Crippen molar-refractivity contribution >= 4 is 28.8 Å². The summed E-state index contributed by atoms with van der Waals surface area (Å²) in [5.74, 6) is 0. The molecule has 1 atom stereocenters. The fourth-order valence-corrected chi connectivity index (χ4v) is 4.94. The average Bonchev–Trinajstić information content (AvgIpc) is 2.74. The predicted octanol–water partition coefficient (Wildman–Crippen LogP) is 4.13. The van der Waals surface area contributed by atoms with Crippen molar-refractivity contribution in [3.05, 3.63) is 21.1 Å². The third kappa shape index (κ3) is 3.24. The van der Waals surface area contributed by atoms with Gasteiger partial charge in [-0.3, -0.25) is 10.1 Å². The van der Waals surface area contributed by atoms with Crippen LogP contribution >= 0.6 is 23.1 Å². The van der Waals surface area contributed by atoms with Crippen LogP contribution in [0.5, 0.6) is 0 Å². The normalized spacial score (nSPS) is 18.8. The molecule has 1 aromatic rings. The standard InChI is InChI=1S/C12H17NO3S2/c1-8(14)11-7-10(13(15)16)12(18-11)17-9-5-3-2-4-6-9/h7-9,14H,2-6H2,1H3/t8-/m0/s1. The molecule has 0 saturated heterocycles. The van der Waals surface area contributed by atoms with Gasteiger partial charge in [0.2, 0.25) is 0 Å². The lowest BCUT2D eigenvalue weighted by Crippen LogP contribution is -2.07. The Labute approximate surface area is 115 Å². The molecule has 0 bridgehead atoms. The molecule has 1 aliphatic rings. The SMILES string of the molecule is C[C@H](O)c1cc([N+](=O)[O-])c(SC2CCCCC2)s1. The van der Waals surface area contributed by atoms with E-state index in [1.807, 2.05) is 0 Å². The molecule has 100 valence electrons. The molecular weight excluding hydrogens is 270 g/mol. The van der Waals surface area contributed by atoms with Gasteiger partial charge in [-0.25, -0.2) is 0 Å². The molecule has 4 nitrogen and oxygen atoms in total. The van der Waals surface area contributed by atoms with E-state index in [1.54, 1.807) is 18.7 Å².